The Morgan fingerprint density at radius 1 is 1.38 bits per heavy atom. The van der Waals surface area contributed by atoms with Crippen LogP contribution >= 0.6 is 15.9 Å². The topological polar surface area (TPSA) is 59.8 Å². The lowest BCUT2D eigenvalue weighted by atomic mass is 9.89. The average Bonchev–Trinajstić information content (AvgIpc) is 2.75. The molecule has 2 heterocycles. The van der Waals surface area contributed by atoms with E-state index < -0.39 is 0 Å². The van der Waals surface area contributed by atoms with E-state index in [2.05, 4.69) is 31.3 Å². The molecular formula is C15H19BrN4O. The lowest BCUT2D eigenvalue weighted by molar-refractivity contribution is 0.102. The smallest absolute Gasteiger partial charge is 0.260 e. The second-order valence-corrected chi connectivity index (χ2v) is 6.97. The highest BCUT2D eigenvalue weighted by molar-refractivity contribution is 9.10. The first-order chi connectivity index (χ1) is 9.68. The lowest BCUT2D eigenvalue weighted by Crippen LogP contribution is -2.20. The normalized spacial score (nSPS) is 11.5. The monoisotopic (exact) mass is 350 g/mol. The third-order valence-corrected chi connectivity index (χ3v) is 3.60. The zero-order chi connectivity index (χ0) is 15.8. The number of nitrogens with zero attached hydrogens (tertiary/aromatic N) is 3. The van der Waals surface area contributed by atoms with Crippen molar-refractivity contribution >= 4 is 27.7 Å². The van der Waals surface area contributed by atoms with Gasteiger partial charge in [-0.25, -0.2) is 4.98 Å². The molecule has 1 N–H and O–H groups in total. The van der Waals surface area contributed by atoms with Crippen molar-refractivity contribution in [2.75, 3.05) is 5.32 Å². The number of carbonyl (C=O) groups excluding carboxylic acids is 1. The summed E-state index contributed by atoms with van der Waals surface area (Å²) >= 11 is 3.41. The molecule has 2 aromatic heterocycles. The van der Waals surface area contributed by atoms with Crippen LogP contribution in [0.3, 0.4) is 0 Å². The maximum Gasteiger partial charge on any atom is 0.260 e. The van der Waals surface area contributed by atoms with Gasteiger partial charge >= 0.3 is 0 Å². The van der Waals surface area contributed by atoms with E-state index in [1.165, 1.54) is 0 Å². The van der Waals surface area contributed by atoms with Crippen molar-refractivity contribution in [2.24, 2.45) is 7.05 Å². The van der Waals surface area contributed by atoms with Crippen LogP contribution in [0.4, 0.5) is 5.82 Å². The zero-order valence-electron chi connectivity index (χ0n) is 12.9. The van der Waals surface area contributed by atoms with Crippen LogP contribution in [-0.4, -0.2) is 20.7 Å². The molecule has 0 bridgehead atoms. The van der Waals surface area contributed by atoms with Gasteiger partial charge in [0.1, 0.15) is 5.82 Å². The largest absolute Gasteiger partial charge is 0.306 e. The van der Waals surface area contributed by atoms with Crippen molar-refractivity contribution in [3.63, 3.8) is 0 Å². The number of nitrogens with one attached hydrogen (secondary N) is 1. The van der Waals surface area contributed by atoms with Gasteiger partial charge in [0.05, 0.1) is 15.7 Å². The minimum atomic E-state index is -0.204. The Morgan fingerprint density at radius 3 is 2.62 bits per heavy atom. The Morgan fingerprint density at radius 2 is 2.05 bits per heavy atom. The average molecular weight is 351 g/mol. The number of halogens is 1. The van der Waals surface area contributed by atoms with Crippen LogP contribution in [0.15, 0.2) is 22.9 Å². The summed E-state index contributed by atoms with van der Waals surface area (Å²) in [7, 11) is 1.81. The molecule has 0 saturated carbocycles. The van der Waals surface area contributed by atoms with Gasteiger partial charge in [-0.05, 0) is 34.5 Å². The standard InChI is InChI=1S/C15H19BrN4O/c1-9-6-11(16)13(17-7-9)18-14(21)10-8-20(5)19-12(10)15(2,3)4/h6-8H,1-5H3,(H,17,18,21). The fraction of sp³-hybridized carbons (Fsp3) is 0.400. The van der Waals surface area contributed by atoms with E-state index >= 15 is 0 Å². The highest BCUT2D eigenvalue weighted by atomic mass is 79.9. The van der Waals surface area contributed by atoms with Crippen LogP contribution < -0.4 is 5.32 Å². The van der Waals surface area contributed by atoms with Crippen LogP contribution in [0.25, 0.3) is 0 Å². The number of aryl methyl sites for hydroxylation is 2. The van der Waals surface area contributed by atoms with Crippen LogP contribution in [0.1, 0.15) is 42.4 Å². The molecule has 6 heteroatoms. The van der Waals surface area contributed by atoms with Gasteiger partial charge in [0.2, 0.25) is 0 Å². The van der Waals surface area contributed by atoms with Crippen molar-refractivity contribution < 1.29 is 4.79 Å². The van der Waals surface area contributed by atoms with Gasteiger partial charge in [0.15, 0.2) is 0 Å². The molecule has 0 radical (unpaired) electrons. The summed E-state index contributed by atoms with van der Waals surface area (Å²) in [5, 5.41) is 7.23. The van der Waals surface area contributed by atoms with Gasteiger partial charge in [0, 0.05) is 24.9 Å². The number of anilines is 1. The molecule has 2 rings (SSSR count). The number of hydrogen-bond acceptors (Lipinski definition) is 3. The molecule has 0 unspecified atom stereocenters. The molecular weight excluding hydrogens is 332 g/mol. The number of carbonyl (C=O) groups is 1. The first-order valence-electron chi connectivity index (χ1n) is 6.66. The van der Waals surface area contributed by atoms with E-state index in [-0.39, 0.29) is 11.3 Å². The van der Waals surface area contributed by atoms with Crippen LogP contribution in [0.5, 0.6) is 0 Å². The molecule has 5 nitrogen and oxygen atoms in total. The lowest BCUT2D eigenvalue weighted by Gasteiger charge is -2.17. The fourth-order valence-electron chi connectivity index (χ4n) is 2.01. The van der Waals surface area contributed by atoms with Crippen molar-refractivity contribution in [2.45, 2.75) is 33.1 Å². The number of hydrogen-bond donors (Lipinski definition) is 1. The molecule has 1 amide bonds. The molecule has 0 saturated heterocycles. The molecule has 2 aromatic rings. The summed E-state index contributed by atoms with van der Waals surface area (Å²) in [6.45, 7) is 8.05. The van der Waals surface area contributed by atoms with Crippen molar-refractivity contribution in [3.05, 3.63) is 39.8 Å². The van der Waals surface area contributed by atoms with Gasteiger partial charge in [-0.3, -0.25) is 9.48 Å². The molecule has 0 aliphatic heterocycles. The van der Waals surface area contributed by atoms with E-state index in [9.17, 15) is 4.79 Å². The predicted molar refractivity (Wildman–Crippen MR) is 86.5 cm³/mol. The van der Waals surface area contributed by atoms with Crippen molar-refractivity contribution in [1.29, 1.82) is 0 Å². The molecule has 0 aliphatic carbocycles. The van der Waals surface area contributed by atoms with Gasteiger partial charge in [-0.1, -0.05) is 20.8 Å². The highest BCUT2D eigenvalue weighted by Gasteiger charge is 2.26. The van der Waals surface area contributed by atoms with E-state index in [0.717, 1.165) is 15.7 Å². The van der Waals surface area contributed by atoms with Crippen molar-refractivity contribution in [1.82, 2.24) is 14.8 Å². The van der Waals surface area contributed by atoms with Crippen molar-refractivity contribution in [3.8, 4) is 0 Å². The summed E-state index contributed by atoms with van der Waals surface area (Å²) in [6, 6.07) is 1.91. The van der Waals surface area contributed by atoms with Gasteiger partial charge in [-0.2, -0.15) is 5.10 Å². The summed E-state index contributed by atoms with van der Waals surface area (Å²) in [6.07, 6.45) is 3.45. The van der Waals surface area contributed by atoms with Gasteiger partial charge < -0.3 is 5.32 Å². The number of rotatable bonds is 2. The van der Waals surface area contributed by atoms with Crippen LogP contribution in [-0.2, 0) is 12.5 Å². The Labute approximate surface area is 132 Å². The summed E-state index contributed by atoms with van der Waals surface area (Å²) in [4.78, 5) is 16.7. The fourth-order valence-corrected chi connectivity index (χ4v) is 2.57. The number of pyridine rings is 1. The van der Waals surface area contributed by atoms with Gasteiger partial charge in [0.25, 0.3) is 5.91 Å². The second-order valence-electron chi connectivity index (χ2n) is 6.11. The Hall–Kier alpha value is -1.69. The molecule has 0 atom stereocenters. The third kappa shape index (κ3) is 3.50. The molecule has 0 aliphatic rings. The molecule has 0 fully saturated rings. The highest BCUT2D eigenvalue weighted by Crippen LogP contribution is 2.26. The Kier molecular flexibility index (Phi) is 4.18. The van der Waals surface area contributed by atoms with E-state index in [1.807, 2.05) is 40.8 Å². The Bertz CT molecular complexity index is 685. The SMILES string of the molecule is Cc1cnc(NC(=O)c2cn(C)nc2C(C)(C)C)c(Br)c1. The first-order valence-corrected chi connectivity index (χ1v) is 7.45. The third-order valence-electron chi connectivity index (χ3n) is 2.99. The quantitative estimate of drug-likeness (QED) is 0.902. The number of amides is 1. The minimum Gasteiger partial charge on any atom is -0.306 e. The molecule has 112 valence electrons. The number of aromatic nitrogens is 3. The van der Waals surface area contributed by atoms with E-state index in [4.69, 9.17) is 0 Å². The zero-order valence-corrected chi connectivity index (χ0v) is 14.4. The Balaban J connectivity index is 2.33. The molecule has 0 spiro atoms. The summed E-state index contributed by atoms with van der Waals surface area (Å²) in [5.74, 6) is 0.305. The molecule has 21 heavy (non-hydrogen) atoms. The van der Waals surface area contributed by atoms with Gasteiger partial charge in [-0.15, -0.1) is 0 Å². The first kappa shape index (κ1) is 15.7. The summed E-state index contributed by atoms with van der Waals surface area (Å²) < 4.78 is 2.42. The second kappa shape index (κ2) is 5.60. The van der Waals surface area contributed by atoms with Crippen LogP contribution in [0.2, 0.25) is 0 Å². The van der Waals surface area contributed by atoms with E-state index in [0.29, 0.717) is 11.4 Å². The van der Waals surface area contributed by atoms with E-state index in [1.54, 1.807) is 17.1 Å². The van der Waals surface area contributed by atoms with Crippen LogP contribution in [0, 0.1) is 6.92 Å². The maximum atomic E-state index is 12.5. The predicted octanol–water partition coefficient (Wildman–Crippen LogP) is 3.44. The summed E-state index contributed by atoms with van der Waals surface area (Å²) in [5.41, 5.74) is 2.16. The maximum absolute atomic E-state index is 12.5. The minimum absolute atomic E-state index is 0.203. The molecule has 0 aromatic carbocycles.